The molecule has 3 aromatic rings. The average Bonchev–Trinajstić information content (AvgIpc) is 3.17. The lowest BCUT2D eigenvalue weighted by molar-refractivity contribution is -0.134. The maximum atomic E-state index is 13.5. The highest BCUT2D eigenvalue weighted by molar-refractivity contribution is 6.07. The molecule has 0 spiro atoms. The fourth-order valence-electron chi connectivity index (χ4n) is 4.20. The number of para-hydroxylation sites is 1. The lowest BCUT2D eigenvalue weighted by Gasteiger charge is -2.36. The molecule has 1 aliphatic heterocycles. The molecular formula is C26H31N3O3. The number of amides is 2. The van der Waals surface area contributed by atoms with Crippen LogP contribution in [0.15, 0.2) is 54.7 Å². The van der Waals surface area contributed by atoms with Gasteiger partial charge in [-0.2, -0.15) is 0 Å². The highest BCUT2D eigenvalue weighted by Gasteiger charge is 2.28. The van der Waals surface area contributed by atoms with Crippen molar-refractivity contribution in [1.82, 2.24) is 14.4 Å². The number of benzene rings is 2. The average molecular weight is 434 g/mol. The van der Waals surface area contributed by atoms with E-state index in [4.69, 9.17) is 4.74 Å². The molecule has 6 heteroatoms. The van der Waals surface area contributed by atoms with Crippen molar-refractivity contribution < 1.29 is 14.3 Å². The van der Waals surface area contributed by atoms with E-state index in [1.165, 1.54) is 0 Å². The summed E-state index contributed by atoms with van der Waals surface area (Å²) < 4.78 is 7.32. The number of hydrogen-bond acceptors (Lipinski definition) is 3. The van der Waals surface area contributed by atoms with Gasteiger partial charge in [-0.1, -0.05) is 39.0 Å². The molecule has 32 heavy (non-hydrogen) atoms. The zero-order chi connectivity index (χ0) is 22.9. The Morgan fingerprint density at radius 1 is 0.906 bits per heavy atom. The first-order valence-electron chi connectivity index (χ1n) is 11.1. The van der Waals surface area contributed by atoms with E-state index in [1.54, 1.807) is 7.11 Å². The Kier molecular flexibility index (Phi) is 5.96. The van der Waals surface area contributed by atoms with Gasteiger partial charge in [0.2, 0.25) is 5.91 Å². The molecule has 0 bridgehead atoms. The number of ether oxygens (including phenoxy) is 1. The number of aromatic nitrogens is 1. The number of carbonyl (C=O) groups excluding carboxylic acids is 2. The monoisotopic (exact) mass is 433 g/mol. The van der Waals surface area contributed by atoms with E-state index in [0.717, 1.165) is 22.3 Å². The number of piperazine rings is 1. The largest absolute Gasteiger partial charge is 0.497 e. The summed E-state index contributed by atoms with van der Waals surface area (Å²) in [4.78, 5) is 29.8. The second kappa shape index (κ2) is 8.69. The van der Waals surface area contributed by atoms with Crippen LogP contribution in [0, 0.1) is 5.41 Å². The van der Waals surface area contributed by atoms with Gasteiger partial charge in [0.1, 0.15) is 5.75 Å². The second-order valence-electron chi connectivity index (χ2n) is 9.54. The van der Waals surface area contributed by atoms with E-state index in [9.17, 15) is 9.59 Å². The van der Waals surface area contributed by atoms with E-state index < -0.39 is 0 Å². The molecule has 1 aromatic heterocycles. The fraction of sp³-hybridized carbons (Fsp3) is 0.385. The number of hydrogen-bond donors (Lipinski definition) is 0. The van der Waals surface area contributed by atoms with Gasteiger partial charge in [-0.15, -0.1) is 0 Å². The Morgan fingerprint density at radius 3 is 2.16 bits per heavy atom. The molecule has 2 aromatic carbocycles. The van der Waals surface area contributed by atoms with Gasteiger partial charge >= 0.3 is 0 Å². The van der Waals surface area contributed by atoms with Crippen molar-refractivity contribution in [2.45, 2.75) is 27.2 Å². The van der Waals surface area contributed by atoms with Crippen LogP contribution in [0.5, 0.6) is 5.75 Å². The molecule has 4 rings (SSSR count). The predicted molar refractivity (Wildman–Crippen MR) is 126 cm³/mol. The number of methoxy groups -OCH3 is 1. The van der Waals surface area contributed by atoms with Crippen LogP contribution in [0.25, 0.3) is 16.6 Å². The van der Waals surface area contributed by atoms with Gasteiger partial charge < -0.3 is 19.1 Å². The third-order valence-corrected chi connectivity index (χ3v) is 5.89. The molecule has 0 atom stereocenters. The van der Waals surface area contributed by atoms with Gasteiger partial charge in [0.15, 0.2) is 0 Å². The van der Waals surface area contributed by atoms with Crippen LogP contribution in [0.2, 0.25) is 0 Å². The van der Waals surface area contributed by atoms with Crippen LogP contribution in [-0.2, 0) is 4.79 Å². The molecule has 168 valence electrons. The van der Waals surface area contributed by atoms with Crippen molar-refractivity contribution in [3.8, 4) is 11.4 Å². The molecule has 2 heterocycles. The summed E-state index contributed by atoms with van der Waals surface area (Å²) in [6.07, 6.45) is 2.45. The predicted octanol–water partition coefficient (Wildman–Crippen LogP) is 4.36. The number of carbonyl (C=O) groups is 2. The first-order valence-corrected chi connectivity index (χ1v) is 11.1. The fourth-order valence-corrected chi connectivity index (χ4v) is 4.20. The van der Waals surface area contributed by atoms with Gasteiger partial charge in [0.05, 0.1) is 18.2 Å². The number of rotatable bonds is 4. The minimum atomic E-state index is -0.0344. The molecule has 1 fully saturated rings. The summed E-state index contributed by atoms with van der Waals surface area (Å²) in [5.41, 5.74) is 2.61. The molecule has 0 radical (unpaired) electrons. The van der Waals surface area contributed by atoms with Gasteiger partial charge in [-0.25, -0.2) is 0 Å². The summed E-state index contributed by atoms with van der Waals surface area (Å²) in [5, 5.41) is 0.930. The van der Waals surface area contributed by atoms with Crippen LogP contribution in [0.4, 0.5) is 0 Å². The number of nitrogens with zero attached hydrogens (tertiary/aromatic N) is 3. The van der Waals surface area contributed by atoms with Gasteiger partial charge in [-0.05, 0) is 35.7 Å². The first kappa shape index (κ1) is 21.9. The molecular weight excluding hydrogens is 402 g/mol. The Bertz CT molecular complexity index is 1120. The summed E-state index contributed by atoms with van der Waals surface area (Å²) >= 11 is 0. The summed E-state index contributed by atoms with van der Waals surface area (Å²) in [6.45, 7) is 8.48. The number of fused-ring (bicyclic) bond motifs is 1. The Morgan fingerprint density at radius 2 is 1.53 bits per heavy atom. The molecule has 1 saturated heterocycles. The quantitative estimate of drug-likeness (QED) is 0.614. The zero-order valence-electron chi connectivity index (χ0n) is 19.3. The topological polar surface area (TPSA) is 54.8 Å². The molecule has 0 aliphatic carbocycles. The van der Waals surface area contributed by atoms with Crippen LogP contribution >= 0.6 is 0 Å². The lowest BCUT2D eigenvalue weighted by Crippen LogP contribution is -2.51. The van der Waals surface area contributed by atoms with E-state index in [-0.39, 0.29) is 17.2 Å². The Hall–Kier alpha value is -3.28. The van der Waals surface area contributed by atoms with Crippen LogP contribution < -0.4 is 4.74 Å². The van der Waals surface area contributed by atoms with E-state index in [0.29, 0.717) is 38.2 Å². The lowest BCUT2D eigenvalue weighted by atomic mass is 9.91. The van der Waals surface area contributed by atoms with Gasteiger partial charge in [0.25, 0.3) is 5.91 Å². The molecule has 1 aliphatic rings. The standard InChI is InChI=1S/C26H31N3O3/c1-26(2,3)17-24(30)27-13-15-28(16-14-27)25(31)22-18-29(23-8-6-5-7-21(22)23)19-9-11-20(32-4)12-10-19/h5-12,18H,13-17H2,1-4H3. The minimum absolute atomic E-state index is 0.0105. The maximum Gasteiger partial charge on any atom is 0.256 e. The van der Waals surface area contributed by atoms with Gasteiger partial charge in [-0.3, -0.25) is 9.59 Å². The highest BCUT2D eigenvalue weighted by Crippen LogP contribution is 2.27. The van der Waals surface area contributed by atoms with Crippen LogP contribution in [0.3, 0.4) is 0 Å². The van der Waals surface area contributed by atoms with Crippen molar-refractivity contribution in [3.05, 3.63) is 60.3 Å². The smallest absolute Gasteiger partial charge is 0.256 e. The summed E-state index contributed by atoms with van der Waals surface area (Å²) in [5.74, 6) is 0.970. The van der Waals surface area contributed by atoms with Crippen molar-refractivity contribution in [2.24, 2.45) is 5.41 Å². The Balaban J connectivity index is 1.55. The second-order valence-corrected chi connectivity index (χ2v) is 9.54. The molecule has 2 amide bonds. The zero-order valence-corrected chi connectivity index (χ0v) is 19.3. The van der Waals surface area contributed by atoms with E-state index >= 15 is 0 Å². The van der Waals surface area contributed by atoms with Crippen molar-refractivity contribution >= 4 is 22.7 Å². The normalized spacial score (nSPS) is 14.6. The molecule has 0 saturated carbocycles. The molecule has 0 N–H and O–H groups in total. The molecule has 0 unspecified atom stereocenters. The SMILES string of the molecule is COc1ccc(-n2cc(C(=O)N3CCN(C(=O)CC(C)(C)C)CC3)c3ccccc32)cc1. The van der Waals surface area contributed by atoms with Gasteiger partial charge in [0, 0.05) is 49.9 Å². The van der Waals surface area contributed by atoms with Crippen LogP contribution in [0.1, 0.15) is 37.6 Å². The maximum absolute atomic E-state index is 13.5. The molecule has 6 nitrogen and oxygen atoms in total. The minimum Gasteiger partial charge on any atom is -0.497 e. The van der Waals surface area contributed by atoms with E-state index in [2.05, 4.69) is 20.8 Å². The van der Waals surface area contributed by atoms with Crippen molar-refractivity contribution in [1.29, 1.82) is 0 Å². The third kappa shape index (κ3) is 4.49. The van der Waals surface area contributed by atoms with E-state index in [1.807, 2.05) is 69.1 Å². The highest BCUT2D eigenvalue weighted by atomic mass is 16.5. The summed E-state index contributed by atoms with van der Waals surface area (Å²) in [6, 6.07) is 15.8. The van der Waals surface area contributed by atoms with Crippen molar-refractivity contribution in [3.63, 3.8) is 0 Å². The Labute approximate surface area is 189 Å². The van der Waals surface area contributed by atoms with Crippen molar-refractivity contribution in [2.75, 3.05) is 33.3 Å². The third-order valence-electron chi connectivity index (χ3n) is 5.89. The first-order chi connectivity index (χ1) is 15.3. The van der Waals surface area contributed by atoms with Crippen LogP contribution in [-0.4, -0.2) is 59.5 Å². The summed E-state index contributed by atoms with van der Waals surface area (Å²) in [7, 11) is 1.65.